The summed E-state index contributed by atoms with van der Waals surface area (Å²) in [6.45, 7) is 5.46. The van der Waals surface area contributed by atoms with Crippen molar-refractivity contribution in [1.82, 2.24) is 5.32 Å². The molecule has 0 spiro atoms. The summed E-state index contributed by atoms with van der Waals surface area (Å²) in [4.78, 5) is 0. The summed E-state index contributed by atoms with van der Waals surface area (Å²) >= 11 is 3.77. The zero-order valence-electron chi connectivity index (χ0n) is 10.8. The molecule has 2 aromatic rings. The predicted octanol–water partition coefficient (Wildman–Crippen LogP) is 4.58. The van der Waals surface area contributed by atoms with Crippen LogP contribution in [0.15, 0.2) is 52.1 Å². The molecular formula is C15H19NS2. The van der Waals surface area contributed by atoms with E-state index in [-0.39, 0.29) is 0 Å². The maximum atomic E-state index is 3.59. The van der Waals surface area contributed by atoms with E-state index in [9.17, 15) is 0 Å². The molecule has 3 heteroatoms. The van der Waals surface area contributed by atoms with Crippen molar-refractivity contribution in [1.29, 1.82) is 0 Å². The fraction of sp³-hybridized carbons (Fsp3) is 0.333. The minimum Gasteiger partial charge on any atom is -0.309 e. The van der Waals surface area contributed by atoms with E-state index in [1.165, 1.54) is 9.77 Å². The second-order valence-electron chi connectivity index (χ2n) is 4.20. The van der Waals surface area contributed by atoms with Gasteiger partial charge >= 0.3 is 0 Å². The van der Waals surface area contributed by atoms with Crippen LogP contribution in [-0.2, 0) is 0 Å². The molecule has 0 saturated carbocycles. The van der Waals surface area contributed by atoms with Crippen molar-refractivity contribution in [3.05, 3.63) is 53.4 Å². The Morgan fingerprint density at radius 2 is 1.94 bits per heavy atom. The van der Waals surface area contributed by atoms with Crippen LogP contribution >= 0.6 is 23.1 Å². The molecule has 1 aromatic heterocycles. The zero-order chi connectivity index (χ0) is 12.8. The van der Waals surface area contributed by atoms with Crippen LogP contribution < -0.4 is 5.32 Å². The SMILES string of the molecule is CCNC(c1ccccc1)C(C)Sc1cccs1. The zero-order valence-corrected chi connectivity index (χ0v) is 12.4. The predicted molar refractivity (Wildman–Crippen MR) is 82.5 cm³/mol. The summed E-state index contributed by atoms with van der Waals surface area (Å²) in [5.41, 5.74) is 1.37. The molecule has 1 heterocycles. The van der Waals surface area contributed by atoms with Gasteiger partial charge in [-0.15, -0.1) is 23.1 Å². The van der Waals surface area contributed by atoms with Crippen LogP contribution in [0.3, 0.4) is 0 Å². The quantitative estimate of drug-likeness (QED) is 0.776. The standard InChI is InChI=1S/C15H19NS2/c1-3-16-15(13-8-5-4-6-9-13)12(2)18-14-10-7-11-17-14/h4-12,15-16H,3H2,1-2H3. The Labute approximate surface area is 118 Å². The van der Waals surface area contributed by atoms with Gasteiger partial charge in [0.25, 0.3) is 0 Å². The Hall–Kier alpha value is -0.770. The van der Waals surface area contributed by atoms with Crippen molar-refractivity contribution in [2.24, 2.45) is 0 Å². The highest BCUT2D eigenvalue weighted by Gasteiger charge is 2.19. The van der Waals surface area contributed by atoms with Crippen molar-refractivity contribution in [3.8, 4) is 0 Å². The number of thiophene rings is 1. The first-order chi connectivity index (χ1) is 8.81. The third-order valence-electron chi connectivity index (χ3n) is 2.85. The van der Waals surface area contributed by atoms with E-state index >= 15 is 0 Å². The normalized spacial score (nSPS) is 14.3. The van der Waals surface area contributed by atoms with Gasteiger partial charge in [-0.1, -0.05) is 50.2 Å². The molecule has 1 N–H and O–H groups in total. The Balaban J connectivity index is 2.09. The summed E-state index contributed by atoms with van der Waals surface area (Å²) in [7, 11) is 0. The molecule has 0 aliphatic heterocycles. The van der Waals surface area contributed by atoms with Crippen molar-refractivity contribution in [2.45, 2.75) is 29.3 Å². The average molecular weight is 277 g/mol. The van der Waals surface area contributed by atoms with Crippen molar-refractivity contribution < 1.29 is 0 Å². The summed E-state index contributed by atoms with van der Waals surface area (Å²) in [5, 5.41) is 6.25. The Morgan fingerprint density at radius 3 is 2.56 bits per heavy atom. The molecule has 0 aliphatic rings. The maximum Gasteiger partial charge on any atom is 0.0601 e. The first kappa shape index (κ1) is 13.7. The number of nitrogens with one attached hydrogen (secondary N) is 1. The molecule has 1 aromatic carbocycles. The van der Waals surface area contributed by atoms with Gasteiger partial charge in [-0.3, -0.25) is 0 Å². The highest BCUT2D eigenvalue weighted by Crippen LogP contribution is 2.34. The second kappa shape index (κ2) is 6.98. The minimum atomic E-state index is 0.406. The van der Waals surface area contributed by atoms with Crippen LogP contribution in [0.5, 0.6) is 0 Å². The Morgan fingerprint density at radius 1 is 1.17 bits per heavy atom. The molecule has 0 amide bonds. The van der Waals surface area contributed by atoms with Crippen LogP contribution in [0, 0.1) is 0 Å². The first-order valence-corrected chi connectivity index (χ1v) is 8.05. The van der Waals surface area contributed by atoms with Gasteiger partial charge in [0.1, 0.15) is 0 Å². The van der Waals surface area contributed by atoms with Crippen LogP contribution in [0.1, 0.15) is 25.5 Å². The summed E-state index contributed by atoms with van der Waals surface area (Å²) in [6.07, 6.45) is 0. The lowest BCUT2D eigenvalue weighted by Gasteiger charge is -2.24. The van der Waals surface area contributed by atoms with E-state index in [4.69, 9.17) is 0 Å². The molecule has 2 atom stereocenters. The highest BCUT2D eigenvalue weighted by atomic mass is 32.2. The van der Waals surface area contributed by atoms with E-state index < -0.39 is 0 Å². The van der Waals surface area contributed by atoms with Crippen molar-refractivity contribution >= 4 is 23.1 Å². The lowest BCUT2D eigenvalue weighted by molar-refractivity contribution is 0.548. The van der Waals surface area contributed by atoms with Crippen LogP contribution in [0.2, 0.25) is 0 Å². The maximum absolute atomic E-state index is 3.59. The summed E-state index contributed by atoms with van der Waals surface area (Å²) in [5.74, 6) is 0. The molecule has 2 unspecified atom stereocenters. The molecule has 0 radical (unpaired) electrons. The van der Waals surface area contributed by atoms with E-state index in [1.54, 1.807) is 0 Å². The second-order valence-corrected chi connectivity index (χ2v) is 6.83. The van der Waals surface area contributed by atoms with Crippen LogP contribution in [-0.4, -0.2) is 11.8 Å². The minimum absolute atomic E-state index is 0.406. The molecule has 2 rings (SSSR count). The summed E-state index contributed by atoms with van der Waals surface area (Å²) in [6, 6.07) is 15.4. The number of thioether (sulfide) groups is 1. The van der Waals surface area contributed by atoms with Crippen LogP contribution in [0.25, 0.3) is 0 Å². The van der Waals surface area contributed by atoms with E-state index in [0.717, 1.165) is 6.54 Å². The first-order valence-electron chi connectivity index (χ1n) is 6.29. The van der Waals surface area contributed by atoms with E-state index in [1.807, 2.05) is 23.1 Å². The Bertz CT molecular complexity index is 439. The Kier molecular flexibility index (Phi) is 5.29. The molecular weight excluding hydrogens is 258 g/mol. The van der Waals surface area contributed by atoms with Gasteiger partial charge in [-0.2, -0.15) is 0 Å². The molecule has 0 bridgehead atoms. The van der Waals surface area contributed by atoms with Gasteiger partial charge < -0.3 is 5.32 Å². The van der Waals surface area contributed by atoms with Gasteiger partial charge in [0.05, 0.1) is 4.21 Å². The monoisotopic (exact) mass is 277 g/mol. The fourth-order valence-corrected chi connectivity index (χ4v) is 4.22. The van der Waals surface area contributed by atoms with Crippen molar-refractivity contribution in [2.75, 3.05) is 6.54 Å². The third kappa shape index (κ3) is 3.61. The lowest BCUT2D eigenvalue weighted by atomic mass is 10.0. The van der Waals surface area contributed by atoms with Gasteiger partial charge in [-0.05, 0) is 23.6 Å². The summed E-state index contributed by atoms with van der Waals surface area (Å²) < 4.78 is 1.39. The van der Waals surface area contributed by atoms with E-state index in [2.05, 4.69) is 67.0 Å². The van der Waals surface area contributed by atoms with E-state index in [0.29, 0.717) is 11.3 Å². The molecule has 0 fully saturated rings. The fourth-order valence-electron chi connectivity index (χ4n) is 2.02. The topological polar surface area (TPSA) is 12.0 Å². The van der Waals surface area contributed by atoms with Gasteiger partial charge in [0.2, 0.25) is 0 Å². The number of hydrogen-bond donors (Lipinski definition) is 1. The number of benzene rings is 1. The molecule has 18 heavy (non-hydrogen) atoms. The lowest BCUT2D eigenvalue weighted by Crippen LogP contribution is -2.28. The molecule has 96 valence electrons. The highest BCUT2D eigenvalue weighted by molar-refractivity contribution is 8.01. The average Bonchev–Trinajstić information content (AvgIpc) is 2.89. The molecule has 0 aliphatic carbocycles. The number of rotatable bonds is 6. The van der Waals surface area contributed by atoms with Gasteiger partial charge in [0.15, 0.2) is 0 Å². The van der Waals surface area contributed by atoms with Gasteiger partial charge in [0, 0.05) is 11.3 Å². The van der Waals surface area contributed by atoms with Crippen molar-refractivity contribution in [3.63, 3.8) is 0 Å². The van der Waals surface area contributed by atoms with Gasteiger partial charge in [-0.25, -0.2) is 0 Å². The number of hydrogen-bond acceptors (Lipinski definition) is 3. The van der Waals surface area contributed by atoms with Crippen LogP contribution in [0.4, 0.5) is 0 Å². The smallest absolute Gasteiger partial charge is 0.0601 e. The largest absolute Gasteiger partial charge is 0.309 e. The molecule has 0 saturated heterocycles. The third-order valence-corrected chi connectivity index (χ3v) is 5.10. The molecule has 1 nitrogen and oxygen atoms in total.